The van der Waals surface area contributed by atoms with Gasteiger partial charge < -0.3 is 14.8 Å². The Morgan fingerprint density at radius 2 is 1.83 bits per heavy atom. The van der Waals surface area contributed by atoms with Crippen LogP contribution in [-0.4, -0.2) is 19.1 Å². The lowest BCUT2D eigenvalue weighted by Crippen LogP contribution is -2.28. The number of fused-ring (bicyclic) bond motifs is 1. The summed E-state index contributed by atoms with van der Waals surface area (Å²) in [6.45, 7) is 2.99. The van der Waals surface area contributed by atoms with Crippen LogP contribution in [0.15, 0.2) is 42.5 Å². The number of halogens is 1. The van der Waals surface area contributed by atoms with E-state index in [2.05, 4.69) is 5.32 Å². The average molecular weight is 315 g/mol. The molecule has 1 heterocycles. The van der Waals surface area contributed by atoms with Crippen LogP contribution < -0.4 is 14.8 Å². The number of carbonyl (C=O) groups excluding carboxylic acids is 1. The van der Waals surface area contributed by atoms with Crippen molar-refractivity contribution in [3.8, 4) is 11.5 Å². The van der Waals surface area contributed by atoms with Crippen molar-refractivity contribution < 1.29 is 18.7 Å². The minimum Gasteiger partial charge on any atom is -0.486 e. The molecule has 1 amide bonds. The minimum atomic E-state index is -0.307. The van der Waals surface area contributed by atoms with E-state index in [1.165, 1.54) is 12.1 Å². The zero-order valence-corrected chi connectivity index (χ0v) is 12.8. The SMILES string of the molecule is CC(NC(=O)Cc1ccc(F)cc1)c1ccc2c(c1)OCCO2. The third-order valence-corrected chi connectivity index (χ3v) is 3.72. The van der Waals surface area contributed by atoms with Crippen molar-refractivity contribution in [1.29, 1.82) is 0 Å². The van der Waals surface area contributed by atoms with E-state index in [1.807, 2.05) is 25.1 Å². The summed E-state index contributed by atoms with van der Waals surface area (Å²) in [5.41, 5.74) is 1.72. The van der Waals surface area contributed by atoms with Crippen molar-refractivity contribution >= 4 is 5.91 Å². The quantitative estimate of drug-likeness (QED) is 0.943. The molecule has 0 bridgehead atoms. The fraction of sp³-hybridized carbons (Fsp3) is 0.278. The Hall–Kier alpha value is -2.56. The van der Waals surface area contributed by atoms with Crippen LogP contribution in [0.3, 0.4) is 0 Å². The van der Waals surface area contributed by atoms with Crippen molar-refractivity contribution in [3.05, 3.63) is 59.4 Å². The number of rotatable bonds is 4. The topological polar surface area (TPSA) is 47.6 Å². The molecule has 120 valence electrons. The number of amides is 1. The molecule has 5 heteroatoms. The van der Waals surface area contributed by atoms with Crippen molar-refractivity contribution in [2.24, 2.45) is 0 Å². The lowest BCUT2D eigenvalue weighted by atomic mass is 10.1. The van der Waals surface area contributed by atoms with Crippen LogP contribution in [0.5, 0.6) is 11.5 Å². The van der Waals surface area contributed by atoms with Gasteiger partial charge in [0.1, 0.15) is 19.0 Å². The lowest BCUT2D eigenvalue weighted by Gasteiger charge is -2.21. The van der Waals surface area contributed by atoms with Gasteiger partial charge in [0.15, 0.2) is 11.5 Å². The minimum absolute atomic E-state index is 0.112. The summed E-state index contributed by atoms with van der Waals surface area (Å²) in [7, 11) is 0. The summed E-state index contributed by atoms with van der Waals surface area (Å²) in [5, 5.41) is 2.94. The lowest BCUT2D eigenvalue weighted by molar-refractivity contribution is -0.121. The van der Waals surface area contributed by atoms with Crippen LogP contribution >= 0.6 is 0 Å². The van der Waals surface area contributed by atoms with Crippen molar-refractivity contribution in [1.82, 2.24) is 5.32 Å². The highest BCUT2D eigenvalue weighted by Gasteiger charge is 2.16. The van der Waals surface area contributed by atoms with Gasteiger partial charge in [-0.3, -0.25) is 4.79 Å². The first-order valence-electron chi connectivity index (χ1n) is 7.55. The van der Waals surface area contributed by atoms with E-state index in [1.54, 1.807) is 12.1 Å². The highest BCUT2D eigenvalue weighted by atomic mass is 19.1. The second-order valence-corrected chi connectivity index (χ2v) is 5.50. The van der Waals surface area contributed by atoms with Gasteiger partial charge in [-0.05, 0) is 42.3 Å². The van der Waals surface area contributed by atoms with Gasteiger partial charge in [0.25, 0.3) is 0 Å². The molecule has 1 aliphatic heterocycles. The van der Waals surface area contributed by atoms with Gasteiger partial charge in [-0.1, -0.05) is 18.2 Å². The Morgan fingerprint density at radius 1 is 1.13 bits per heavy atom. The Balaban J connectivity index is 1.63. The highest BCUT2D eigenvalue weighted by molar-refractivity contribution is 5.79. The van der Waals surface area contributed by atoms with E-state index in [4.69, 9.17) is 9.47 Å². The fourth-order valence-corrected chi connectivity index (χ4v) is 2.49. The molecule has 2 aromatic carbocycles. The molecular formula is C18H18FNO3. The van der Waals surface area contributed by atoms with Crippen LogP contribution in [-0.2, 0) is 11.2 Å². The number of nitrogens with one attached hydrogen (secondary N) is 1. The van der Waals surface area contributed by atoms with Gasteiger partial charge in [0.05, 0.1) is 12.5 Å². The van der Waals surface area contributed by atoms with Gasteiger partial charge >= 0.3 is 0 Å². The first-order valence-corrected chi connectivity index (χ1v) is 7.55. The van der Waals surface area contributed by atoms with Gasteiger partial charge in [-0.25, -0.2) is 4.39 Å². The molecule has 0 radical (unpaired) electrons. The third-order valence-electron chi connectivity index (χ3n) is 3.72. The Bertz CT molecular complexity index is 700. The molecule has 0 fully saturated rings. The molecule has 2 aromatic rings. The van der Waals surface area contributed by atoms with E-state index in [0.717, 1.165) is 16.9 Å². The van der Waals surface area contributed by atoms with E-state index in [9.17, 15) is 9.18 Å². The van der Waals surface area contributed by atoms with Gasteiger partial charge in [-0.15, -0.1) is 0 Å². The summed E-state index contributed by atoms with van der Waals surface area (Å²) < 4.78 is 23.9. The number of ether oxygens (including phenoxy) is 2. The first kappa shape index (κ1) is 15.3. The zero-order valence-electron chi connectivity index (χ0n) is 12.8. The molecule has 0 aliphatic carbocycles. The van der Waals surface area contributed by atoms with E-state index in [-0.39, 0.29) is 24.2 Å². The maximum Gasteiger partial charge on any atom is 0.224 e. The van der Waals surface area contributed by atoms with Crippen LogP contribution in [0.25, 0.3) is 0 Å². The second kappa shape index (κ2) is 6.69. The third kappa shape index (κ3) is 3.80. The number of carbonyl (C=O) groups is 1. The molecule has 0 spiro atoms. The largest absolute Gasteiger partial charge is 0.486 e. The van der Waals surface area contributed by atoms with Gasteiger partial charge in [0.2, 0.25) is 5.91 Å². The summed E-state index contributed by atoms with van der Waals surface area (Å²) in [5.74, 6) is 1.01. The molecule has 23 heavy (non-hydrogen) atoms. The molecule has 1 N–H and O–H groups in total. The smallest absolute Gasteiger partial charge is 0.224 e. The molecule has 0 saturated heterocycles. The van der Waals surface area contributed by atoms with Crippen LogP contribution in [0, 0.1) is 5.82 Å². The van der Waals surface area contributed by atoms with E-state index >= 15 is 0 Å². The van der Waals surface area contributed by atoms with Crippen LogP contribution in [0.4, 0.5) is 4.39 Å². The Morgan fingerprint density at radius 3 is 2.57 bits per heavy atom. The van der Waals surface area contributed by atoms with Crippen molar-refractivity contribution in [2.45, 2.75) is 19.4 Å². The number of benzene rings is 2. The van der Waals surface area contributed by atoms with Crippen molar-refractivity contribution in [2.75, 3.05) is 13.2 Å². The molecular weight excluding hydrogens is 297 g/mol. The Kier molecular flexibility index (Phi) is 4.46. The summed E-state index contributed by atoms with van der Waals surface area (Å²) in [6.07, 6.45) is 0.217. The first-order chi connectivity index (χ1) is 11.1. The predicted molar refractivity (Wildman–Crippen MR) is 84.1 cm³/mol. The molecule has 3 rings (SSSR count). The monoisotopic (exact) mass is 315 g/mol. The maximum absolute atomic E-state index is 12.9. The van der Waals surface area contributed by atoms with E-state index < -0.39 is 0 Å². The Labute approximate surface area is 134 Å². The van der Waals surface area contributed by atoms with Gasteiger partial charge in [-0.2, -0.15) is 0 Å². The summed E-state index contributed by atoms with van der Waals surface area (Å²) in [4.78, 5) is 12.1. The number of hydrogen-bond acceptors (Lipinski definition) is 3. The predicted octanol–water partition coefficient (Wildman–Crippen LogP) is 3.02. The molecule has 0 aromatic heterocycles. The standard InChI is InChI=1S/C18H18FNO3/c1-12(14-4-7-16-17(11-14)23-9-8-22-16)20-18(21)10-13-2-5-15(19)6-3-13/h2-7,11-12H,8-10H2,1H3,(H,20,21). The zero-order chi connectivity index (χ0) is 16.2. The molecule has 1 atom stereocenters. The normalized spacial score (nSPS) is 14.2. The van der Waals surface area contributed by atoms with Crippen molar-refractivity contribution in [3.63, 3.8) is 0 Å². The summed E-state index contributed by atoms with van der Waals surface area (Å²) >= 11 is 0. The second-order valence-electron chi connectivity index (χ2n) is 5.50. The number of hydrogen-bond donors (Lipinski definition) is 1. The fourth-order valence-electron chi connectivity index (χ4n) is 2.49. The van der Waals surface area contributed by atoms with E-state index in [0.29, 0.717) is 19.0 Å². The highest BCUT2D eigenvalue weighted by Crippen LogP contribution is 2.32. The molecule has 1 unspecified atom stereocenters. The molecule has 0 saturated carbocycles. The molecule has 4 nitrogen and oxygen atoms in total. The summed E-state index contributed by atoms with van der Waals surface area (Å²) in [6, 6.07) is 11.4. The van der Waals surface area contributed by atoms with Crippen LogP contribution in [0.1, 0.15) is 24.1 Å². The average Bonchev–Trinajstić information content (AvgIpc) is 2.56. The maximum atomic E-state index is 12.9. The van der Waals surface area contributed by atoms with Crippen LogP contribution in [0.2, 0.25) is 0 Å². The van der Waals surface area contributed by atoms with Gasteiger partial charge in [0, 0.05) is 0 Å². The molecule has 1 aliphatic rings.